The van der Waals surface area contributed by atoms with Gasteiger partial charge in [-0.3, -0.25) is 4.98 Å². The summed E-state index contributed by atoms with van der Waals surface area (Å²) in [6.07, 6.45) is 9.30. The molecular formula is C19H20N2O. The third-order valence-electron chi connectivity index (χ3n) is 3.22. The van der Waals surface area contributed by atoms with E-state index in [2.05, 4.69) is 30.1 Å². The van der Waals surface area contributed by atoms with Gasteiger partial charge in [0.25, 0.3) is 0 Å². The zero-order valence-corrected chi connectivity index (χ0v) is 12.8. The van der Waals surface area contributed by atoms with Crippen LogP contribution in [0.4, 0.5) is 0 Å². The molecule has 0 fully saturated rings. The Morgan fingerprint density at radius 2 is 1.86 bits per heavy atom. The van der Waals surface area contributed by atoms with Gasteiger partial charge in [-0.25, -0.2) is 0 Å². The van der Waals surface area contributed by atoms with Crippen molar-refractivity contribution in [2.24, 2.45) is 0 Å². The van der Waals surface area contributed by atoms with Crippen molar-refractivity contribution in [3.8, 4) is 23.1 Å². The summed E-state index contributed by atoms with van der Waals surface area (Å²) in [7, 11) is 0. The van der Waals surface area contributed by atoms with E-state index in [9.17, 15) is 0 Å². The van der Waals surface area contributed by atoms with Gasteiger partial charge in [-0.2, -0.15) is 5.26 Å². The molecule has 3 heteroatoms. The lowest BCUT2D eigenvalue weighted by Crippen LogP contribution is -1.96. The molecule has 0 aliphatic rings. The highest BCUT2D eigenvalue weighted by atomic mass is 16.5. The molecule has 22 heavy (non-hydrogen) atoms. The predicted molar refractivity (Wildman–Crippen MR) is 88.5 cm³/mol. The van der Waals surface area contributed by atoms with Gasteiger partial charge in [-0.15, -0.1) is 0 Å². The number of pyridine rings is 1. The largest absolute Gasteiger partial charge is 0.492 e. The van der Waals surface area contributed by atoms with Crippen LogP contribution in [0.25, 0.3) is 11.3 Å². The smallest absolute Gasteiger partial charge is 0.137 e. The quantitative estimate of drug-likeness (QED) is 0.546. The maximum absolute atomic E-state index is 8.80. The van der Waals surface area contributed by atoms with Crippen molar-refractivity contribution >= 4 is 0 Å². The first-order chi connectivity index (χ1) is 10.8. The van der Waals surface area contributed by atoms with Gasteiger partial charge >= 0.3 is 0 Å². The lowest BCUT2D eigenvalue weighted by molar-refractivity contribution is 0.323. The fraction of sp³-hybridized carbons (Fsp3) is 0.263. The number of unbranched alkanes of at least 4 members (excludes halogenated alkanes) is 1. The van der Waals surface area contributed by atoms with E-state index in [-0.39, 0.29) is 0 Å². The monoisotopic (exact) mass is 292 g/mol. The van der Waals surface area contributed by atoms with Crippen LogP contribution in [-0.2, 0) is 0 Å². The number of aromatic nitrogens is 1. The van der Waals surface area contributed by atoms with Crippen LogP contribution in [0.2, 0.25) is 0 Å². The Bertz CT molecular complexity index is 637. The zero-order chi connectivity index (χ0) is 15.6. The molecule has 0 saturated carbocycles. The molecule has 0 aliphatic heterocycles. The van der Waals surface area contributed by atoms with Gasteiger partial charge in [0.1, 0.15) is 5.75 Å². The van der Waals surface area contributed by atoms with Crippen LogP contribution in [0.1, 0.15) is 31.7 Å². The van der Waals surface area contributed by atoms with Crippen molar-refractivity contribution in [2.75, 3.05) is 6.61 Å². The Kier molecular flexibility index (Phi) is 6.19. The molecule has 3 nitrogen and oxygen atoms in total. The number of rotatable bonds is 7. The van der Waals surface area contributed by atoms with E-state index in [1.165, 1.54) is 6.42 Å². The fourth-order valence-electron chi connectivity index (χ4n) is 2.00. The number of ether oxygens (including phenoxy) is 1. The Hall–Kier alpha value is -2.60. The number of nitriles is 1. The average molecular weight is 292 g/mol. The highest BCUT2D eigenvalue weighted by molar-refractivity contribution is 5.60. The minimum absolute atomic E-state index is 0.653. The molecule has 2 aromatic rings. The molecule has 0 bridgehead atoms. The van der Waals surface area contributed by atoms with Crippen LogP contribution in [-0.4, -0.2) is 11.6 Å². The summed E-state index contributed by atoms with van der Waals surface area (Å²) in [4.78, 5) is 4.41. The van der Waals surface area contributed by atoms with Gasteiger partial charge in [0.15, 0.2) is 0 Å². The van der Waals surface area contributed by atoms with Crippen LogP contribution in [0.5, 0.6) is 5.75 Å². The summed E-state index contributed by atoms with van der Waals surface area (Å²) in [5.74, 6) is 0.779. The van der Waals surface area contributed by atoms with Crippen molar-refractivity contribution in [2.45, 2.75) is 26.2 Å². The maximum atomic E-state index is 8.80. The van der Waals surface area contributed by atoms with E-state index < -0.39 is 0 Å². The van der Waals surface area contributed by atoms with Crippen molar-refractivity contribution in [3.63, 3.8) is 0 Å². The minimum atomic E-state index is 0.653. The van der Waals surface area contributed by atoms with Gasteiger partial charge in [-0.05, 0) is 37.1 Å². The Labute approximate surface area is 131 Å². The van der Waals surface area contributed by atoms with Gasteiger partial charge in [0, 0.05) is 5.56 Å². The molecular weight excluding hydrogens is 272 g/mol. The molecule has 1 aromatic carbocycles. The highest BCUT2D eigenvalue weighted by Crippen LogP contribution is 2.20. The van der Waals surface area contributed by atoms with Gasteiger partial charge in [-0.1, -0.05) is 37.6 Å². The maximum Gasteiger partial charge on any atom is 0.137 e. The summed E-state index contributed by atoms with van der Waals surface area (Å²) in [6.45, 7) is 2.83. The molecule has 1 heterocycles. The zero-order valence-electron chi connectivity index (χ0n) is 12.8. The molecule has 0 spiro atoms. The fourth-order valence-corrected chi connectivity index (χ4v) is 2.00. The first-order valence-corrected chi connectivity index (χ1v) is 7.58. The standard InChI is InChI=1S/C19H20N2O/c1-2-3-4-5-6-13-22-18-11-12-19(21-15-18)17-9-7-16(14-20)8-10-17/h4-5,7-12,15H,2-3,6,13H2,1H3. The van der Waals surface area contributed by atoms with Crippen LogP contribution in [0.15, 0.2) is 54.7 Å². The Morgan fingerprint density at radius 3 is 2.50 bits per heavy atom. The first kappa shape index (κ1) is 15.8. The number of nitrogens with zero attached hydrogens (tertiary/aromatic N) is 2. The van der Waals surface area contributed by atoms with E-state index in [1.54, 1.807) is 18.3 Å². The SMILES string of the molecule is CCCC=CCCOc1ccc(-c2ccc(C#N)cc2)nc1. The lowest BCUT2D eigenvalue weighted by Gasteiger charge is -2.05. The Balaban J connectivity index is 1.88. The summed E-state index contributed by atoms with van der Waals surface area (Å²) < 4.78 is 5.66. The molecule has 0 saturated heterocycles. The van der Waals surface area contributed by atoms with E-state index in [1.807, 2.05) is 24.3 Å². The third kappa shape index (κ3) is 4.75. The number of allylic oxidation sites excluding steroid dienone is 1. The van der Waals surface area contributed by atoms with Crippen molar-refractivity contribution in [1.29, 1.82) is 5.26 Å². The van der Waals surface area contributed by atoms with Crippen LogP contribution >= 0.6 is 0 Å². The van der Waals surface area contributed by atoms with E-state index in [0.717, 1.165) is 29.8 Å². The second-order valence-electron chi connectivity index (χ2n) is 4.97. The summed E-state index contributed by atoms with van der Waals surface area (Å²) >= 11 is 0. The molecule has 0 unspecified atom stereocenters. The highest BCUT2D eigenvalue weighted by Gasteiger charge is 2.00. The van der Waals surface area contributed by atoms with Crippen molar-refractivity contribution in [1.82, 2.24) is 4.98 Å². The molecule has 112 valence electrons. The first-order valence-electron chi connectivity index (χ1n) is 7.58. The molecule has 0 atom stereocenters. The molecule has 0 N–H and O–H groups in total. The predicted octanol–water partition coefficient (Wildman–Crippen LogP) is 4.75. The normalized spacial score (nSPS) is 10.5. The van der Waals surface area contributed by atoms with Gasteiger partial charge in [0.05, 0.1) is 30.1 Å². The van der Waals surface area contributed by atoms with E-state index in [0.29, 0.717) is 12.2 Å². The minimum Gasteiger partial charge on any atom is -0.492 e. The molecule has 0 aliphatic carbocycles. The van der Waals surface area contributed by atoms with Gasteiger partial charge in [0.2, 0.25) is 0 Å². The molecule has 0 radical (unpaired) electrons. The topological polar surface area (TPSA) is 45.9 Å². The summed E-state index contributed by atoms with van der Waals surface area (Å²) in [5.41, 5.74) is 2.52. The van der Waals surface area contributed by atoms with Crippen LogP contribution < -0.4 is 4.74 Å². The summed E-state index contributed by atoms with van der Waals surface area (Å²) in [5, 5.41) is 8.80. The second-order valence-corrected chi connectivity index (χ2v) is 4.97. The van der Waals surface area contributed by atoms with E-state index in [4.69, 9.17) is 10.00 Å². The summed E-state index contributed by atoms with van der Waals surface area (Å²) in [6, 6.07) is 13.4. The van der Waals surface area contributed by atoms with Crippen molar-refractivity contribution in [3.05, 3.63) is 60.3 Å². The molecule has 0 amide bonds. The second kappa shape index (κ2) is 8.63. The van der Waals surface area contributed by atoms with E-state index >= 15 is 0 Å². The number of benzene rings is 1. The average Bonchev–Trinajstić information content (AvgIpc) is 2.59. The van der Waals surface area contributed by atoms with Crippen LogP contribution in [0, 0.1) is 11.3 Å². The number of hydrogen-bond donors (Lipinski definition) is 0. The third-order valence-corrected chi connectivity index (χ3v) is 3.22. The number of hydrogen-bond acceptors (Lipinski definition) is 3. The van der Waals surface area contributed by atoms with Crippen LogP contribution in [0.3, 0.4) is 0 Å². The van der Waals surface area contributed by atoms with Crippen molar-refractivity contribution < 1.29 is 4.74 Å². The molecule has 1 aromatic heterocycles. The Morgan fingerprint density at radius 1 is 1.09 bits per heavy atom. The molecule has 2 rings (SSSR count). The van der Waals surface area contributed by atoms with Gasteiger partial charge < -0.3 is 4.74 Å². The lowest BCUT2D eigenvalue weighted by atomic mass is 10.1.